The number of furan rings is 1. The van der Waals surface area contributed by atoms with Gasteiger partial charge in [0.15, 0.2) is 5.22 Å². The number of aliphatic hydroxyl groups excluding tert-OH is 1. The van der Waals surface area contributed by atoms with Crippen LogP contribution < -0.4 is 0 Å². The molecule has 1 aromatic carbocycles. The molecule has 0 aliphatic rings. The molecule has 0 radical (unpaired) electrons. The summed E-state index contributed by atoms with van der Waals surface area (Å²) >= 11 is 5.69. The Bertz CT molecular complexity index is 525. The average Bonchev–Trinajstić information content (AvgIpc) is 2.68. The van der Waals surface area contributed by atoms with Gasteiger partial charge in [0, 0.05) is 18.1 Å². The zero-order valence-electron chi connectivity index (χ0n) is 8.66. The van der Waals surface area contributed by atoms with Gasteiger partial charge in [0.2, 0.25) is 0 Å². The maximum absolute atomic E-state index is 13.3. The molecule has 5 heteroatoms. The van der Waals surface area contributed by atoms with Gasteiger partial charge in [0.1, 0.15) is 11.6 Å². The fraction of sp³-hybridized carbons (Fsp3) is 0.167. The van der Waals surface area contributed by atoms with Crippen LogP contribution in [-0.4, -0.2) is 5.11 Å². The van der Waals surface area contributed by atoms with E-state index in [1.165, 1.54) is 18.4 Å². The Balaban J connectivity index is 2.19. The van der Waals surface area contributed by atoms with Crippen LogP contribution in [0.3, 0.4) is 0 Å². The fourth-order valence-electron chi connectivity index (χ4n) is 1.55. The lowest BCUT2D eigenvalue weighted by molar-refractivity contribution is 0.176. The molecule has 0 amide bonds. The number of hydrogen-bond donors (Lipinski definition) is 1. The Morgan fingerprint density at radius 3 is 2.65 bits per heavy atom. The standard InChI is InChI=1S/C12H9ClF2O2/c13-12-9(3-4-17-12)11(16)5-7-1-2-8(14)6-10(7)15/h1-4,6,11,16H,5H2. The molecule has 1 unspecified atom stereocenters. The first-order chi connectivity index (χ1) is 8.08. The molecule has 17 heavy (non-hydrogen) atoms. The molecule has 0 fully saturated rings. The highest BCUT2D eigenvalue weighted by Gasteiger charge is 2.16. The molecule has 90 valence electrons. The normalized spacial score (nSPS) is 12.7. The van der Waals surface area contributed by atoms with Gasteiger partial charge in [-0.2, -0.15) is 0 Å². The molecular formula is C12H9ClF2O2. The number of rotatable bonds is 3. The van der Waals surface area contributed by atoms with Crippen molar-refractivity contribution in [2.75, 3.05) is 0 Å². The van der Waals surface area contributed by atoms with Gasteiger partial charge in [0.05, 0.1) is 12.4 Å². The van der Waals surface area contributed by atoms with Gasteiger partial charge < -0.3 is 9.52 Å². The van der Waals surface area contributed by atoms with Crippen LogP contribution in [-0.2, 0) is 6.42 Å². The van der Waals surface area contributed by atoms with Crippen LogP contribution in [0.4, 0.5) is 8.78 Å². The van der Waals surface area contributed by atoms with Gasteiger partial charge in [-0.15, -0.1) is 0 Å². The lowest BCUT2D eigenvalue weighted by atomic mass is 10.0. The van der Waals surface area contributed by atoms with E-state index in [2.05, 4.69) is 0 Å². The first-order valence-electron chi connectivity index (χ1n) is 4.93. The molecule has 0 bridgehead atoms. The van der Waals surface area contributed by atoms with E-state index >= 15 is 0 Å². The molecule has 0 aliphatic carbocycles. The van der Waals surface area contributed by atoms with Crippen molar-refractivity contribution in [3.8, 4) is 0 Å². The minimum Gasteiger partial charge on any atom is -0.453 e. The summed E-state index contributed by atoms with van der Waals surface area (Å²) in [6.07, 6.45) is 0.356. The van der Waals surface area contributed by atoms with E-state index in [-0.39, 0.29) is 17.2 Å². The van der Waals surface area contributed by atoms with Crippen molar-refractivity contribution in [3.63, 3.8) is 0 Å². The maximum Gasteiger partial charge on any atom is 0.198 e. The molecule has 0 saturated carbocycles. The molecule has 0 spiro atoms. The van der Waals surface area contributed by atoms with Crippen LogP contribution in [0.1, 0.15) is 17.2 Å². The van der Waals surface area contributed by atoms with Crippen LogP contribution in [0.25, 0.3) is 0 Å². The van der Waals surface area contributed by atoms with Gasteiger partial charge in [-0.25, -0.2) is 8.78 Å². The van der Waals surface area contributed by atoms with Crippen molar-refractivity contribution in [1.29, 1.82) is 0 Å². The second kappa shape index (κ2) is 4.85. The Morgan fingerprint density at radius 1 is 1.29 bits per heavy atom. The second-order valence-corrected chi connectivity index (χ2v) is 3.95. The minimum absolute atomic E-state index is 0.00532. The summed E-state index contributed by atoms with van der Waals surface area (Å²) in [5.74, 6) is -1.34. The van der Waals surface area contributed by atoms with Gasteiger partial charge in [-0.05, 0) is 29.3 Å². The third-order valence-corrected chi connectivity index (χ3v) is 2.74. The lowest BCUT2D eigenvalue weighted by Gasteiger charge is -2.09. The third-order valence-electron chi connectivity index (χ3n) is 2.43. The summed E-state index contributed by atoms with van der Waals surface area (Å²) in [4.78, 5) is 0. The largest absolute Gasteiger partial charge is 0.453 e. The molecule has 1 heterocycles. The fourth-order valence-corrected chi connectivity index (χ4v) is 1.79. The van der Waals surface area contributed by atoms with E-state index in [4.69, 9.17) is 16.0 Å². The predicted octanol–water partition coefficient (Wildman–Crippen LogP) is 3.49. The number of hydrogen-bond acceptors (Lipinski definition) is 2. The number of aliphatic hydroxyl groups is 1. The van der Waals surface area contributed by atoms with Crippen LogP contribution in [0.2, 0.25) is 5.22 Å². The van der Waals surface area contributed by atoms with Crippen molar-refractivity contribution in [2.24, 2.45) is 0 Å². The quantitative estimate of drug-likeness (QED) is 0.914. The summed E-state index contributed by atoms with van der Waals surface area (Å²) in [5, 5.41) is 9.90. The highest BCUT2D eigenvalue weighted by Crippen LogP contribution is 2.27. The molecule has 0 aliphatic heterocycles. The summed E-state index contributed by atoms with van der Waals surface area (Å²) < 4.78 is 30.9. The Kier molecular flexibility index (Phi) is 3.45. The highest BCUT2D eigenvalue weighted by atomic mass is 35.5. The van der Waals surface area contributed by atoms with Crippen LogP contribution in [0, 0.1) is 11.6 Å². The van der Waals surface area contributed by atoms with Crippen LogP contribution >= 0.6 is 11.6 Å². The molecule has 2 aromatic rings. The zero-order valence-corrected chi connectivity index (χ0v) is 9.42. The summed E-state index contributed by atoms with van der Waals surface area (Å²) in [6.45, 7) is 0. The lowest BCUT2D eigenvalue weighted by Crippen LogP contribution is -2.03. The van der Waals surface area contributed by atoms with Crippen LogP contribution in [0.5, 0.6) is 0 Å². The number of halogens is 3. The molecule has 2 nitrogen and oxygen atoms in total. The maximum atomic E-state index is 13.3. The Morgan fingerprint density at radius 2 is 2.06 bits per heavy atom. The van der Waals surface area contributed by atoms with Gasteiger partial charge in [0.25, 0.3) is 0 Å². The zero-order chi connectivity index (χ0) is 12.4. The van der Waals surface area contributed by atoms with E-state index in [0.29, 0.717) is 5.56 Å². The molecule has 1 aromatic heterocycles. The van der Waals surface area contributed by atoms with E-state index in [0.717, 1.165) is 12.1 Å². The summed E-state index contributed by atoms with van der Waals surface area (Å²) in [7, 11) is 0. The SMILES string of the molecule is OC(Cc1ccc(F)cc1F)c1ccoc1Cl. The summed E-state index contributed by atoms with van der Waals surface area (Å²) in [6, 6.07) is 4.72. The Labute approximate surface area is 101 Å². The molecule has 0 saturated heterocycles. The first-order valence-corrected chi connectivity index (χ1v) is 5.30. The van der Waals surface area contributed by atoms with E-state index in [1.54, 1.807) is 0 Å². The van der Waals surface area contributed by atoms with Crippen LogP contribution in [0.15, 0.2) is 34.9 Å². The van der Waals surface area contributed by atoms with Gasteiger partial charge >= 0.3 is 0 Å². The van der Waals surface area contributed by atoms with Crippen molar-refractivity contribution < 1.29 is 18.3 Å². The molecule has 1 atom stereocenters. The first kappa shape index (κ1) is 12.1. The van der Waals surface area contributed by atoms with Crippen molar-refractivity contribution in [1.82, 2.24) is 0 Å². The molecule has 2 rings (SSSR count). The van der Waals surface area contributed by atoms with Crippen molar-refractivity contribution >= 4 is 11.6 Å². The van der Waals surface area contributed by atoms with E-state index < -0.39 is 17.7 Å². The number of benzene rings is 1. The van der Waals surface area contributed by atoms with E-state index in [1.807, 2.05) is 0 Å². The smallest absolute Gasteiger partial charge is 0.198 e. The van der Waals surface area contributed by atoms with Crippen molar-refractivity contribution in [3.05, 3.63) is 58.5 Å². The average molecular weight is 259 g/mol. The monoisotopic (exact) mass is 258 g/mol. The van der Waals surface area contributed by atoms with Gasteiger partial charge in [-0.3, -0.25) is 0 Å². The Hall–Kier alpha value is -1.39. The predicted molar refractivity (Wildman–Crippen MR) is 58.7 cm³/mol. The van der Waals surface area contributed by atoms with Crippen molar-refractivity contribution in [2.45, 2.75) is 12.5 Å². The van der Waals surface area contributed by atoms with Gasteiger partial charge in [-0.1, -0.05) is 6.07 Å². The highest BCUT2D eigenvalue weighted by molar-refractivity contribution is 6.29. The second-order valence-electron chi connectivity index (χ2n) is 3.61. The third kappa shape index (κ3) is 2.65. The molecular weight excluding hydrogens is 250 g/mol. The van der Waals surface area contributed by atoms with E-state index in [9.17, 15) is 13.9 Å². The molecule has 1 N–H and O–H groups in total. The topological polar surface area (TPSA) is 33.4 Å². The minimum atomic E-state index is -0.985. The summed E-state index contributed by atoms with van der Waals surface area (Å²) in [5.41, 5.74) is 0.603.